The summed E-state index contributed by atoms with van der Waals surface area (Å²) >= 11 is 3.45. The lowest BCUT2D eigenvalue weighted by Gasteiger charge is -2.25. The maximum atomic E-state index is 13.0. The Hall–Kier alpha value is -2.86. The SMILES string of the molecule is C=CCOc1cccc(C2/C(=C(/O)c3ccc(Br)c(C)c3)C(=O)C(=O)N2CCCC)c1. The van der Waals surface area contributed by atoms with Crippen LogP contribution in [0.5, 0.6) is 5.75 Å². The molecule has 0 spiro atoms. The Labute approximate surface area is 191 Å². The van der Waals surface area contributed by atoms with Gasteiger partial charge in [0.1, 0.15) is 18.1 Å². The molecule has 6 heteroatoms. The molecule has 1 saturated heterocycles. The molecule has 1 aliphatic heterocycles. The summed E-state index contributed by atoms with van der Waals surface area (Å²) in [5.74, 6) is -0.823. The van der Waals surface area contributed by atoms with E-state index >= 15 is 0 Å². The molecule has 1 unspecified atom stereocenters. The van der Waals surface area contributed by atoms with E-state index in [4.69, 9.17) is 4.74 Å². The highest BCUT2D eigenvalue weighted by Gasteiger charge is 2.45. The molecule has 2 aromatic rings. The minimum absolute atomic E-state index is 0.101. The summed E-state index contributed by atoms with van der Waals surface area (Å²) in [6.45, 7) is 8.36. The number of nitrogens with zero attached hydrogens (tertiary/aromatic N) is 1. The minimum Gasteiger partial charge on any atom is -0.507 e. The van der Waals surface area contributed by atoms with Gasteiger partial charge in [-0.05, 0) is 48.7 Å². The average molecular weight is 484 g/mol. The molecular weight excluding hydrogens is 458 g/mol. The van der Waals surface area contributed by atoms with Gasteiger partial charge in [-0.3, -0.25) is 9.59 Å². The Morgan fingerprint density at radius 2 is 2.03 bits per heavy atom. The van der Waals surface area contributed by atoms with Crippen molar-refractivity contribution in [2.45, 2.75) is 32.7 Å². The van der Waals surface area contributed by atoms with Gasteiger partial charge < -0.3 is 14.7 Å². The van der Waals surface area contributed by atoms with Crippen LogP contribution < -0.4 is 4.74 Å². The Balaban J connectivity index is 2.15. The molecule has 162 valence electrons. The van der Waals surface area contributed by atoms with E-state index in [1.807, 2.05) is 38.1 Å². The van der Waals surface area contributed by atoms with Crippen molar-refractivity contribution < 1.29 is 19.4 Å². The Kier molecular flexibility index (Phi) is 7.33. The first-order valence-electron chi connectivity index (χ1n) is 10.3. The number of aliphatic hydroxyl groups is 1. The quantitative estimate of drug-likeness (QED) is 0.231. The molecule has 31 heavy (non-hydrogen) atoms. The molecule has 1 N–H and O–H groups in total. The number of Topliss-reactive ketones (excluding diaryl/α,β-unsaturated/α-hetero) is 1. The summed E-state index contributed by atoms with van der Waals surface area (Å²) < 4.78 is 6.54. The number of unbranched alkanes of at least 4 members (excludes halogenated alkanes) is 1. The number of ether oxygens (including phenoxy) is 1. The molecule has 2 aromatic carbocycles. The molecule has 3 rings (SSSR count). The molecule has 5 nitrogen and oxygen atoms in total. The lowest BCUT2D eigenvalue weighted by Crippen LogP contribution is -2.30. The van der Waals surface area contributed by atoms with Gasteiger partial charge in [-0.15, -0.1) is 0 Å². The topological polar surface area (TPSA) is 66.8 Å². The van der Waals surface area contributed by atoms with Crippen LogP contribution in [0.3, 0.4) is 0 Å². The Bertz CT molecular complexity index is 1040. The molecule has 1 amide bonds. The van der Waals surface area contributed by atoms with E-state index in [1.54, 1.807) is 29.2 Å². The van der Waals surface area contributed by atoms with E-state index in [2.05, 4.69) is 22.5 Å². The van der Waals surface area contributed by atoms with Gasteiger partial charge in [-0.1, -0.05) is 60.1 Å². The fourth-order valence-corrected chi connectivity index (χ4v) is 3.91. The summed E-state index contributed by atoms with van der Waals surface area (Å²) in [5.41, 5.74) is 2.23. The average Bonchev–Trinajstić information content (AvgIpc) is 3.02. The standard InChI is InChI=1S/C25H26BrNO4/c1-4-6-12-27-22(17-8-7-9-19(15-17)31-13-5-2)21(24(29)25(27)30)23(28)18-10-11-20(26)16(3)14-18/h5,7-11,14-15,22,28H,2,4,6,12-13H2,1,3H3/b23-21-. The number of hydrogen-bond acceptors (Lipinski definition) is 4. The zero-order valence-corrected chi connectivity index (χ0v) is 19.3. The molecule has 0 radical (unpaired) electrons. The molecular formula is C25H26BrNO4. The van der Waals surface area contributed by atoms with Crippen molar-refractivity contribution in [2.75, 3.05) is 13.2 Å². The normalized spacial score (nSPS) is 17.8. The number of aliphatic hydroxyl groups excluding tert-OH is 1. The van der Waals surface area contributed by atoms with Gasteiger partial charge in [-0.25, -0.2) is 0 Å². The van der Waals surface area contributed by atoms with Crippen LogP contribution >= 0.6 is 15.9 Å². The second kappa shape index (κ2) is 9.96. The van der Waals surface area contributed by atoms with E-state index in [1.165, 1.54) is 0 Å². The van der Waals surface area contributed by atoms with Crippen molar-refractivity contribution in [3.63, 3.8) is 0 Å². The van der Waals surface area contributed by atoms with Crippen LogP contribution in [0.15, 0.2) is 65.2 Å². The number of halogens is 1. The fraction of sp³-hybridized carbons (Fsp3) is 0.280. The van der Waals surface area contributed by atoms with Crippen LogP contribution in [0.2, 0.25) is 0 Å². The highest BCUT2D eigenvalue weighted by Crippen LogP contribution is 2.40. The van der Waals surface area contributed by atoms with E-state index in [0.717, 1.165) is 22.9 Å². The third-order valence-electron chi connectivity index (χ3n) is 5.27. The van der Waals surface area contributed by atoms with Crippen molar-refractivity contribution in [1.29, 1.82) is 0 Å². The van der Waals surface area contributed by atoms with E-state index < -0.39 is 17.7 Å². The molecule has 1 heterocycles. The number of rotatable bonds is 8. The third-order valence-corrected chi connectivity index (χ3v) is 6.16. The van der Waals surface area contributed by atoms with Crippen LogP contribution in [0, 0.1) is 6.92 Å². The maximum Gasteiger partial charge on any atom is 0.295 e. The summed E-state index contributed by atoms with van der Waals surface area (Å²) in [4.78, 5) is 27.5. The highest BCUT2D eigenvalue weighted by atomic mass is 79.9. The van der Waals surface area contributed by atoms with E-state index in [0.29, 0.717) is 30.0 Å². The first-order valence-corrected chi connectivity index (χ1v) is 11.1. The van der Waals surface area contributed by atoms with E-state index in [-0.39, 0.29) is 11.3 Å². The molecule has 0 aliphatic carbocycles. The van der Waals surface area contributed by atoms with Gasteiger partial charge in [0.15, 0.2) is 0 Å². The second-order valence-corrected chi connectivity index (χ2v) is 8.34. The zero-order valence-electron chi connectivity index (χ0n) is 17.7. The van der Waals surface area contributed by atoms with Gasteiger partial charge in [0, 0.05) is 16.6 Å². The summed E-state index contributed by atoms with van der Waals surface area (Å²) in [5, 5.41) is 11.1. The van der Waals surface area contributed by atoms with Gasteiger partial charge in [-0.2, -0.15) is 0 Å². The summed E-state index contributed by atoms with van der Waals surface area (Å²) in [7, 11) is 0. The number of amides is 1. The maximum absolute atomic E-state index is 13.0. The molecule has 0 aromatic heterocycles. The van der Waals surface area contributed by atoms with Crippen LogP contribution in [-0.4, -0.2) is 34.8 Å². The van der Waals surface area contributed by atoms with Crippen LogP contribution in [-0.2, 0) is 9.59 Å². The van der Waals surface area contributed by atoms with Crippen LogP contribution in [0.25, 0.3) is 5.76 Å². The number of aryl methyl sites for hydroxylation is 1. The number of ketones is 1. The number of likely N-dealkylation sites (tertiary alicyclic amines) is 1. The lowest BCUT2D eigenvalue weighted by atomic mass is 9.94. The van der Waals surface area contributed by atoms with Gasteiger partial charge >= 0.3 is 0 Å². The first kappa shape index (κ1) is 22.8. The number of benzene rings is 2. The van der Waals surface area contributed by atoms with Crippen molar-refractivity contribution in [1.82, 2.24) is 4.90 Å². The zero-order chi connectivity index (χ0) is 22.5. The molecule has 1 fully saturated rings. The molecule has 1 atom stereocenters. The Morgan fingerprint density at radius 1 is 1.26 bits per heavy atom. The number of carbonyl (C=O) groups excluding carboxylic acids is 2. The van der Waals surface area contributed by atoms with Crippen molar-refractivity contribution >= 4 is 33.4 Å². The summed E-state index contributed by atoms with van der Waals surface area (Å²) in [6.07, 6.45) is 3.29. The molecule has 1 aliphatic rings. The minimum atomic E-state index is -0.678. The summed E-state index contributed by atoms with van der Waals surface area (Å²) in [6, 6.07) is 11.9. The largest absolute Gasteiger partial charge is 0.507 e. The van der Waals surface area contributed by atoms with Crippen molar-refractivity contribution in [3.05, 3.63) is 81.9 Å². The van der Waals surface area contributed by atoms with Crippen LogP contribution in [0.4, 0.5) is 0 Å². The third kappa shape index (κ3) is 4.74. The predicted molar refractivity (Wildman–Crippen MR) is 125 cm³/mol. The monoisotopic (exact) mass is 483 g/mol. The van der Waals surface area contributed by atoms with Crippen molar-refractivity contribution in [3.8, 4) is 5.75 Å². The van der Waals surface area contributed by atoms with Crippen LogP contribution in [0.1, 0.15) is 42.5 Å². The smallest absolute Gasteiger partial charge is 0.295 e. The lowest BCUT2D eigenvalue weighted by molar-refractivity contribution is -0.139. The second-order valence-electron chi connectivity index (χ2n) is 7.48. The van der Waals surface area contributed by atoms with Gasteiger partial charge in [0.05, 0.1) is 11.6 Å². The van der Waals surface area contributed by atoms with E-state index in [9.17, 15) is 14.7 Å². The first-order chi connectivity index (χ1) is 14.9. The number of carbonyl (C=O) groups is 2. The molecule has 0 bridgehead atoms. The Morgan fingerprint density at radius 3 is 2.71 bits per heavy atom. The molecule has 0 saturated carbocycles. The van der Waals surface area contributed by atoms with Gasteiger partial charge in [0.2, 0.25) is 0 Å². The highest BCUT2D eigenvalue weighted by molar-refractivity contribution is 9.10. The predicted octanol–water partition coefficient (Wildman–Crippen LogP) is 5.54. The number of hydrogen-bond donors (Lipinski definition) is 1. The van der Waals surface area contributed by atoms with Crippen molar-refractivity contribution in [2.24, 2.45) is 0 Å². The van der Waals surface area contributed by atoms with Gasteiger partial charge in [0.25, 0.3) is 11.7 Å². The fourth-order valence-electron chi connectivity index (χ4n) is 3.66.